The molecule has 0 unspecified atom stereocenters. The monoisotopic (exact) mass is 517 g/mol. The Hall–Kier alpha value is -2.45. The Bertz CT molecular complexity index is 1060. The molecular formula is C25H28BrNO6. The van der Waals surface area contributed by atoms with E-state index in [2.05, 4.69) is 27.6 Å². The second kappa shape index (κ2) is 9.43. The van der Waals surface area contributed by atoms with E-state index in [1.807, 2.05) is 19.1 Å². The number of amides is 3. The number of hydrogen-bond acceptors (Lipinski definition) is 6. The Morgan fingerprint density at radius 2 is 2.06 bits per heavy atom. The number of ether oxygens (including phenoxy) is 2. The van der Waals surface area contributed by atoms with Gasteiger partial charge in [-0.15, -0.1) is 0 Å². The molecule has 0 saturated carbocycles. The molecule has 2 saturated heterocycles. The van der Waals surface area contributed by atoms with Gasteiger partial charge >= 0.3 is 6.09 Å². The Morgan fingerprint density at radius 3 is 2.76 bits per heavy atom. The van der Waals surface area contributed by atoms with Crippen molar-refractivity contribution in [3.8, 4) is 5.75 Å². The van der Waals surface area contributed by atoms with Gasteiger partial charge in [0.25, 0.3) is 0 Å². The number of fused-ring (bicyclic) bond motifs is 3. The number of hydrogen-bond donors (Lipinski definition) is 1. The minimum Gasteiger partial charge on any atom is -0.507 e. The van der Waals surface area contributed by atoms with Crippen LogP contribution in [0.2, 0.25) is 0 Å². The van der Waals surface area contributed by atoms with Crippen LogP contribution in [0, 0.1) is 17.8 Å². The molecule has 2 aliphatic heterocycles. The maximum Gasteiger partial charge on any atom is 0.423 e. The first-order valence-corrected chi connectivity index (χ1v) is 12.0. The van der Waals surface area contributed by atoms with E-state index in [1.165, 1.54) is 7.11 Å². The van der Waals surface area contributed by atoms with Crippen molar-refractivity contribution in [1.82, 2.24) is 4.90 Å². The number of imide groups is 3. The van der Waals surface area contributed by atoms with E-state index in [1.54, 1.807) is 12.1 Å². The average molecular weight is 518 g/mol. The molecule has 1 aromatic carbocycles. The molecule has 1 aromatic rings. The molecule has 2 heterocycles. The van der Waals surface area contributed by atoms with Gasteiger partial charge in [-0.25, -0.2) is 4.79 Å². The molecule has 0 spiro atoms. The van der Waals surface area contributed by atoms with Crippen molar-refractivity contribution in [3.05, 3.63) is 45.0 Å². The van der Waals surface area contributed by atoms with Crippen LogP contribution in [0.4, 0.5) is 4.79 Å². The summed E-state index contributed by atoms with van der Waals surface area (Å²) in [6.45, 7) is 4.44. The standard InChI is InChI=1S/C25H28BrNO6/c1-4-14-11-17-22(24(30)27(23(17)29)25(31)32-3)18-12-33-20(21(14)18)8-5-13(2)9-15-10-16(26)6-7-19(15)28/h6-7,9-10,17-18,20,22,28H,4-5,8,11-12H2,1-3H3/b13-9+/t17-,18+,20-,22-/m1/s1. The third kappa shape index (κ3) is 4.26. The van der Waals surface area contributed by atoms with Crippen LogP contribution in [0.3, 0.4) is 0 Å². The fourth-order valence-corrected chi connectivity index (χ4v) is 5.80. The first kappa shape index (κ1) is 23.7. The number of carbonyl (C=O) groups is 3. The number of benzene rings is 1. The molecule has 3 amide bonds. The van der Waals surface area contributed by atoms with E-state index in [9.17, 15) is 19.5 Å². The number of methoxy groups -OCH3 is 1. The van der Waals surface area contributed by atoms with Crippen LogP contribution in [0.25, 0.3) is 6.08 Å². The minimum atomic E-state index is -0.911. The third-order valence-electron chi connectivity index (χ3n) is 6.98. The van der Waals surface area contributed by atoms with Crippen molar-refractivity contribution < 1.29 is 29.0 Å². The lowest BCUT2D eigenvalue weighted by atomic mass is 9.69. The van der Waals surface area contributed by atoms with E-state index in [0.717, 1.165) is 46.0 Å². The summed E-state index contributed by atoms with van der Waals surface area (Å²) in [5.74, 6) is -1.99. The first-order chi connectivity index (χ1) is 15.8. The van der Waals surface area contributed by atoms with Gasteiger partial charge in [-0.05, 0) is 56.4 Å². The highest BCUT2D eigenvalue weighted by Crippen LogP contribution is 2.50. The molecule has 33 heavy (non-hydrogen) atoms. The maximum atomic E-state index is 13.0. The molecule has 3 aliphatic rings. The molecule has 0 bridgehead atoms. The van der Waals surface area contributed by atoms with Crippen molar-refractivity contribution in [2.24, 2.45) is 17.8 Å². The summed E-state index contributed by atoms with van der Waals surface area (Å²) in [7, 11) is 1.17. The maximum absolute atomic E-state index is 13.0. The van der Waals surface area contributed by atoms with E-state index >= 15 is 0 Å². The van der Waals surface area contributed by atoms with Crippen molar-refractivity contribution in [1.29, 1.82) is 0 Å². The summed E-state index contributed by atoms with van der Waals surface area (Å²) >= 11 is 3.43. The number of allylic oxidation sites excluding steroid dienone is 2. The summed E-state index contributed by atoms with van der Waals surface area (Å²) in [5.41, 5.74) is 4.14. The predicted octanol–water partition coefficient (Wildman–Crippen LogP) is 4.83. The van der Waals surface area contributed by atoms with E-state index in [4.69, 9.17) is 4.74 Å². The Labute approximate surface area is 201 Å². The van der Waals surface area contributed by atoms with Crippen molar-refractivity contribution in [3.63, 3.8) is 0 Å². The first-order valence-electron chi connectivity index (χ1n) is 11.2. The Morgan fingerprint density at radius 1 is 1.30 bits per heavy atom. The van der Waals surface area contributed by atoms with Gasteiger partial charge in [0.15, 0.2) is 0 Å². The largest absolute Gasteiger partial charge is 0.507 e. The predicted molar refractivity (Wildman–Crippen MR) is 125 cm³/mol. The zero-order chi connectivity index (χ0) is 23.9. The van der Waals surface area contributed by atoms with Gasteiger partial charge in [-0.3, -0.25) is 9.59 Å². The molecule has 4 atom stereocenters. The van der Waals surface area contributed by atoms with Crippen LogP contribution in [0.15, 0.2) is 39.4 Å². The van der Waals surface area contributed by atoms with Gasteiger partial charge in [0.2, 0.25) is 11.8 Å². The topological polar surface area (TPSA) is 93.1 Å². The van der Waals surface area contributed by atoms with Gasteiger partial charge < -0.3 is 14.6 Å². The molecule has 0 aromatic heterocycles. The van der Waals surface area contributed by atoms with Crippen molar-refractivity contribution in [2.45, 2.75) is 45.6 Å². The quantitative estimate of drug-likeness (QED) is 0.444. The molecular weight excluding hydrogens is 490 g/mol. The highest BCUT2D eigenvalue weighted by Gasteiger charge is 2.58. The Balaban J connectivity index is 1.53. The lowest BCUT2D eigenvalue weighted by Gasteiger charge is -2.31. The third-order valence-corrected chi connectivity index (χ3v) is 7.48. The molecule has 7 nitrogen and oxygen atoms in total. The normalized spacial score (nSPS) is 27.2. The second-order valence-electron chi connectivity index (χ2n) is 8.89. The summed E-state index contributed by atoms with van der Waals surface area (Å²) in [6.07, 6.45) is 3.69. The lowest BCUT2D eigenvalue weighted by Crippen LogP contribution is -2.38. The number of likely N-dealkylation sites (tertiary alicyclic amines) is 1. The fraction of sp³-hybridized carbons (Fsp3) is 0.480. The van der Waals surface area contributed by atoms with Crippen LogP contribution >= 0.6 is 15.9 Å². The van der Waals surface area contributed by atoms with E-state index < -0.39 is 29.7 Å². The average Bonchev–Trinajstić information content (AvgIpc) is 3.32. The number of halogens is 1. The van der Waals surface area contributed by atoms with Gasteiger partial charge in [-0.1, -0.05) is 40.1 Å². The SMILES string of the molecule is CCC1=C2[C@@H](CC/C(C)=C/c3cc(Br)ccc3O)OC[C@@H]2[C@@H]2C(=O)N(C(=O)OC)C(=O)[C@@H]2C1. The van der Waals surface area contributed by atoms with Crippen LogP contribution in [0.1, 0.15) is 45.1 Å². The zero-order valence-corrected chi connectivity index (χ0v) is 20.6. The summed E-state index contributed by atoms with van der Waals surface area (Å²) in [5, 5.41) is 10.1. The summed E-state index contributed by atoms with van der Waals surface area (Å²) in [6, 6.07) is 5.32. The number of phenols is 1. The number of aromatic hydroxyl groups is 1. The number of nitrogens with zero attached hydrogens (tertiary/aromatic N) is 1. The van der Waals surface area contributed by atoms with Gasteiger partial charge in [0, 0.05) is 16.0 Å². The summed E-state index contributed by atoms with van der Waals surface area (Å²) in [4.78, 5) is 38.6. The molecule has 4 rings (SSSR count). The smallest absolute Gasteiger partial charge is 0.423 e. The number of phenolic OH excluding ortho intramolecular Hbond substituents is 1. The zero-order valence-electron chi connectivity index (χ0n) is 19.0. The summed E-state index contributed by atoms with van der Waals surface area (Å²) < 4.78 is 11.7. The molecule has 1 N–H and O–H groups in total. The molecule has 1 aliphatic carbocycles. The number of carbonyl (C=O) groups excluding carboxylic acids is 3. The van der Waals surface area contributed by atoms with E-state index in [-0.39, 0.29) is 17.8 Å². The fourth-order valence-electron chi connectivity index (χ4n) is 5.42. The van der Waals surface area contributed by atoms with Crippen LogP contribution < -0.4 is 0 Å². The van der Waals surface area contributed by atoms with Gasteiger partial charge in [0.1, 0.15) is 5.75 Å². The highest BCUT2D eigenvalue weighted by molar-refractivity contribution is 9.10. The second-order valence-corrected chi connectivity index (χ2v) is 9.81. The molecule has 176 valence electrons. The number of rotatable bonds is 5. The van der Waals surface area contributed by atoms with Gasteiger partial charge in [-0.2, -0.15) is 4.90 Å². The van der Waals surface area contributed by atoms with Crippen LogP contribution in [-0.2, 0) is 19.1 Å². The van der Waals surface area contributed by atoms with Crippen LogP contribution in [-0.4, -0.2) is 47.7 Å². The van der Waals surface area contributed by atoms with E-state index in [0.29, 0.717) is 17.9 Å². The van der Waals surface area contributed by atoms with Crippen molar-refractivity contribution in [2.75, 3.05) is 13.7 Å². The molecule has 2 fully saturated rings. The molecule has 8 heteroatoms. The Kier molecular flexibility index (Phi) is 6.77. The van der Waals surface area contributed by atoms with Crippen LogP contribution in [0.5, 0.6) is 5.75 Å². The van der Waals surface area contributed by atoms with Crippen molar-refractivity contribution >= 4 is 39.9 Å². The molecule has 0 radical (unpaired) electrons. The van der Waals surface area contributed by atoms with Gasteiger partial charge in [0.05, 0.1) is 31.7 Å². The minimum absolute atomic E-state index is 0.125. The lowest BCUT2D eigenvalue weighted by molar-refractivity contribution is -0.137. The highest BCUT2D eigenvalue weighted by atomic mass is 79.9.